The van der Waals surface area contributed by atoms with Crippen molar-refractivity contribution >= 4 is 28.4 Å². The Kier molecular flexibility index (Phi) is 5.17. The number of nitrogens with zero attached hydrogens (tertiary/aromatic N) is 7. The van der Waals surface area contributed by atoms with Gasteiger partial charge in [0.15, 0.2) is 11.6 Å². The minimum atomic E-state index is -0.317. The predicted molar refractivity (Wildman–Crippen MR) is 131 cm³/mol. The van der Waals surface area contributed by atoms with Crippen LogP contribution in [0.3, 0.4) is 0 Å². The zero-order valence-electron chi connectivity index (χ0n) is 19.5. The van der Waals surface area contributed by atoms with Gasteiger partial charge in [0.1, 0.15) is 23.7 Å². The van der Waals surface area contributed by atoms with E-state index in [0.29, 0.717) is 17.0 Å². The van der Waals surface area contributed by atoms with Crippen molar-refractivity contribution in [1.29, 1.82) is 0 Å². The van der Waals surface area contributed by atoms with E-state index in [1.807, 2.05) is 7.05 Å². The van der Waals surface area contributed by atoms with E-state index in [9.17, 15) is 9.50 Å². The molecule has 178 valence electrons. The quantitative estimate of drug-likeness (QED) is 0.630. The molecule has 3 aliphatic rings. The number of aliphatic hydroxyl groups is 1. The molecule has 0 radical (unpaired) electrons. The van der Waals surface area contributed by atoms with Crippen LogP contribution in [0.4, 0.5) is 21.7 Å². The van der Waals surface area contributed by atoms with Gasteiger partial charge in [0.2, 0.25) is 5.95 Å². The Morgan fingerprint density at radius 2 is 1.76 bits per heavy atom. The first kappa shape index (κ1) is 21.3. The molecule has 34 heavy (non-hydrogen) atoms. The van der Waals surface area contributed by atoms with Crippen LogP contribution in [-0.2, 0) is 0 Å². The Balaban J connectivity index is 1.53. The molecule has 2 fully saturated rings. The van der Waals surface area contributed by atoms with Crippen LogP contribution >= 0.6 is 0 Å². The molecular weight excluding hydrogens is 433 g/mol. The molecule has 1 saturated carbocycles. The third kappa shape index (κ3) is 3.41. The number of benzene rings is 1. The summed E-state index contributed by atoms with van der Waals surface area (Å²) < 4.78 is 15.9. The van der Waals surface area contributed by atoms with Crippen molar-refractivity contribution in [3.8, 4) is 5.95 Å². The Morgan fingerprint density at radius 1 is 1.03 bits per heavy atom. The summed E-state index contributed by atoms with van der Waals surface area (Å²) in [5.74, 6) is 2.76. The van der Waals surface area contributed by atoms with Crippen LogP contribution in [0, 0.1) is 5.82 Å². The molecule has 1 N–H and O–H groups in total. The lowest BCUT2D eigenvalue weighted by Gasteiger charge is -2.34. The van der Waals surface area contributed by atoms with Crippen molar-refractivity contribution in [2.75, 3.05) is 34.8 Å². The fraction of sp³-hybridized carbons (Fsp3) is 0.480. The van der Waals surface area contributed by atoms with Gasteiger partial charge in [-0.15, -0.1) is 0 Å². The van der Waals surface area contributed by atoms with Crippen LogP contribution in [-0.4, -0.2) is 56.9 Å². The van der Waals surface area contributed by atoms with E-state index in [0.717, 1.165) is 74.8 Å². The van der Waals surface area contributed by atoms with Gasteiger partial charge in [-0.2, -0.15) is 9.97 Å². The zero-order chi connectivity index (χ0) is 23.4. The maximum atomic E-state index is 14.1. The van der Waals surface area contributed by atoms with E-state index >= 15 is 0 Å². The maximum absolute atomic E-state index is 14.1. The fourth-order valence-corrected chi connectivity index (χ4v) is 5.58. The summed E-state index contributed by atoms with van der Waals surface area (Å²) in [5.41, 5.74) is 2.31. The second-order valence-electron chi connectivity index (χ2n) is 9.62. The number of hydrogen-bond donors (Lipinski definition) is 1. The Labute approximate surface area is 198 Å². The van der Waals surface area contributed by atoms with Gasteiger partial charge in [-0.3, -0.25) is 4.57 Å². The molecule has 3 aromatic rings. The molecule has 0 atom stereocenters. The highest BCUT2D eigenvalue weighted by Gasteiger charge is 2.40. The van der Waals surface area contributed by atoms with Gasteiger partial charge in [-0.05, 0) is 57.1 Å². The van der Waals surface area contributed by atoms with Crippen molar-refractivity contribution < 1.29 is 9.50 Å². The highest BCUT2D eigenvalue weighted by atomic mass is 19.1. The van der Waals surface area contributed by atoms with E-state index in [4.69, 9.17) is 9.97 Å². The minimum Gasteiger partial charge on any atom is -0.393 e. The largest absolute Gasteiger partial charge is 0.393 e. The van der Waals surface area contributed by atoms with Gasteiger partial charge in [-0.25, -0.2) is 9.37 Å². The Morgan fingerprint density at radius 3 is 2.53 bits per heavy atom. The first-order valence-electron chi connectivity index (χ1n) is 12.2. The SMILES string of the molecule is C=C1N(C)c2c(N3CCCCC3)nc(-n3cnc4ccc(F)cc43)nc2N1C1CCC(O)CC1. The highest BCUT2D eigenvalue weighted by molar-refractivity contribution is 5.89. The van der Waals surface area contributed by atoms with Gasteiger partial charge in [0, 0.05) is 32.2 Å². The summed E-state index contributed by atoms with van der Waals surface area (Å²) in [5, 5.41) is 10.1. The number of aliphatic hydroxyl groups excluding tert-OH is 1. The molecule has 8 nitrogen and oxygen atoms in total. The molecule has 0 amide bonds. The zero-order valence-corrected chi connectivity index (χ0v) is 19.5. The molecule has 0 spiro atoms. The monoisotopic (exact) mass is 463 g/mol. The van der Waals surface area contributed by atoms with Crippen molar-refractivity contribution in [2.45, 2.75) is 57.1 Å². The number of halogens is 1. The fourth-order valence-electron chi connectivity index (χ4n) is 5.58. The number of hydrogen-bond acceptors (Lipinski definition) is 7. The standard InChI is InChI=1S/C25H30FN7O/c1-16-30(2)22-23(31-12-4-3-5-13-31)28-25(32-15-27-20-11-6-17(26)14-21(20)32)29-24(22)33(16)18-7-9-19(34)10-8-18/h6,11,14-15,18-19,34H,1,3-5,7-10,12-13H2,2H3. The van der Waals surface area contributed by atoms with Gasteiger partial charge < -0.3 is 19.8 Å². The lowest BCUT2D eigenvalue weighted by atomic mass is 9.92. The summed E-state index contributed by atoms with van der Waals surface area (Å²) in [4.78, 5) is 21.2. The second-order valence-corrected chi connectivity index (χ2v) is 9.62. The summed E-state index contributed by atoms with van der Waals surface area (Å²) in [6, 6.07) is 4.79. The number of piperidine rings is 1. The third-order valence-electron chi connectivity index (χ3n) is 7.48. The Hall–Kier alpha value is -3.20. The molecule has 2 aliphatic heterocycles. The molecule has 1 aliphatic carbocycles. The van der Waals surface area contributed by atoms with Crippen LogP contribution in [0.15, 0.2) is 36.9 Å². The van der Waals surface area contributed by atoms with Crippen LogP contribution in [0.25, 0.3) is 17.0 Å². The third-order valence-corrected chi connectivity index (χ3v) is 7.48. The lowest BCUT2D eigenvalue weighted by molar-refractivity contribution is 0.122. The summed E-state index contributed by atoms with van der Waals surface area (Å²) in [6.45, 7) is 6.29. The Bertz CT molecular complexity index is 1240. The topological polar surface area (TPSA) is 73.5 Å². The van der Waals surface area contributed by atoms with E-state index in [2.05, 4.69) is 26.3 Å². The van der Waals surface area contributed by atoms with Crippen LogP contribution in [0.1, 0.15) is 44.9 Å². The predicted octanol–water partition coefficient (Wildman–Crippen LogP) is 3.98. The smallest absolute Gasteiger partial charge is 0.239 e. The average Bonchev–Trinajstić information content (AvgIpc) is 3.38. The maximum Gasteiger partial charge on any atom is 0.239 e. The normalized spacial score (nSPS) is 23.1. The highest BCUT2D eigenvalue weighted by Crippen LogP contribution is 2.47. The molecule has 9 heteroatoms. The number of fused-ring (bicyclic) bond motifs is 2. The molecule has 0 unspecified atom stereocenters. The molecule has 0 bridgehead atoms. The van der Waals surface area contributed by atoms with E-state index in [-0.39, 0.29) is 18.0 Å². The van der Waals surface area contributed by atoms with Crippen LogP contribution in [0.5, 0.6) is 0 Å². The molecular formula is C25H30FN7O. The van der Waals surface area contributed by atoms with Gasteiger partial charge in [0.25, 0.3) is 0 Å². The number of rotatable bonds is 3. The van der Waals surface area contributed by atoms with Gasteiger partial charge in [-0.1, -0.05) is 6.58 Å². The van der Waals surface area contributed by atoms with Crippen molar-refractivity contribution in [3.63, 3.8) is 0 Å². The van der Waals surface area contributed by atoms with E-state index < -0.39 is 0 Å². The number of aromatic nitrogens is 4. The molecule has 1 aromatic carbocycles. The van der Waals surface area contributed by atoms with Crippen LogP contribution < -0.4 is 14.7 Å². The van der Waals surface area contributed by atoms with Crippen molar-refractivity contribution in [3.05, 3.63) is 42.7 Å². The van der Waals surface area contributed by atoms with E-state index in [1.165, 1.54) is 18.6 Å². The summed E-state index contributed by atoms with van der Waals surface area (Å²) in [7, 11) is 2.03. The van der Waals surface area contributed by atoms with Crippen molar-refractivity contribution in [2.24, 2.45) is 0 Å². The molecule has 4 heterocycles. The molecule has 6 rings (SSSR count). The van der Waals surface area contributed by atoms with Gasteiger partial charge >= 0.3 is 0 Å². The van der Waals surface area contributed by atoms with Crippen molar-refractivity contribution in [1.82, 2.24) is 19.5 Å². The first-order valence-corrected chi connectivity index (χ1v) is 12.2. The lowest BCUT2D eigenvalue weighted by Crippen LogP contribution is -2.39. The average molecular weight is 464 g/mol. The molecule has 2 aromatic heterocycles. The summed E-state index contributed by atoms with van der Waals surface area (Å²) >= 11 is 0. The van der Waals surface area contributed by atoms with E-state index in [1.54, 1.807) is 17.0 Å². The van der Waals surface area contributed by atoms with Gasteiger partial charge in [0.05, 0.1) is 17.1 Å². The first-order chi connectivity index (χ1) is 16.5. The minimum absolute atomic E-state index is 0.216. The molecule has 1 saturated heterocycles. The van der Waals surface area contributed by atoms with Crippen LogP contribution in [0.2, 0.25) is 0 Å². The second kappa shape index (κ2) is 8.23. The number of anilines is 3. The number of imidazole rings is 1. The summed E-state index contributed by atoms with van der Waals surface area (Å²) in [6.07, 6.45) is 8.22.